The van der Waals surface area contributed by atoms with Crippen molar-refractivity contribution in [2.45, 2.75) is 26.7 Å². The van der Waals surface area contributed by atoms with Gasteiger partial charge < -0.3 is 4.90 Å². The summed E-state index contributed by atoms with van der Waals surface area (Å²) >= 11 is 0. The third kappa shape index (κ3) is 7.17. The quantitative estimate of drug-likeness (QED) is 0.549. The predicted molar refractivity (Wildman–Crippen MR) is 51.5 cm³/mol. The van der Waals surface area contributed by atoms with Crippen LogP contribution in [0.15, 0.2) is 24.4 Å². The molecule has 0 unspecified atom stereocenters. The lowest BCUT2D eigenvalue weighted by Crippen LogP contribution is -2.11. The van der Waals surface area contributed by atoms with Crippen LogP contribution in [0.4, 0.5) is 0 Å². The van der Waals surface area contributed by atoms with E-state index in [0.29, 0.717) is 0 Å². The lowest BCUT2D eigenvalue weighted by Gasteiger charge is -2.12. The summed E-state index contributed by atoms with van der Waals surface area (Å²) in [6.45, 7) is 9.14. The zero-order chi connectivity index (χ0) is 8.69. The van der Waals surface area contributed by atoms with Crippen LogP contribution in [0.3, 0.4) is 0 Å². The minimum atomic E-state index is 1.10. The number of nitrogens with zero attached hydrogens (tertiary/aromatic N) is 1. The summed E-state index contributed by atoms with van der Waals surface area (Å²) in [5, 5.41) is 0. The highest BCUT2D eigenvalue weighted by Gasteiger charge is 1.87. The summed E-state index contributed by atoms with van der Waals surface area (Å²) < 4.78 is 0. The fourth-order valence-electron chi connectivity index (χ4n) is 0.737. The van der Waals surface area contributed by atoms with Gasteiger partial charge in [-0.25, -0.2) is 0 Å². The van der Waals surface area contributed by atoms with E-state index in [1.807, 2.05) is 13.0 Å². The zero-order valence-electron chi connectivity index (χ0n) is 7.93. The van der Waals surface area contributed by atoms with Crippen molar-refractivity contribution in [3.8, 4) is 0 Å². The molecule has 0 aromatic rings. The largest absolute Gasteiger partial charge is 0.380 e. The Morgan fingerprint density at radius 2 is 2.18 bits per heavy atom. The fraction of sp³-hybridized carbons (Fsp3) is 0.600. The molecular formula is C10H19N. The topological polar surface area (TPSA) is 3.24 Å². The molecule has 0 rings (SSSR count). The van der Waals surface area contributed by atoms with Crippen LogP contribution in [0.5, 0.6) is 0 Å². The molecule has 0 saturated carbocycles. The molecule has 0 fully saturated rings. The molecule has 64 valence electrons. The maximum absolute atomic E-state index is 3.79. The normalized spacial score (nSPS) is 10.5. The lowest BCUT2D eigenvalue weighted by atomic mass is 10.3. The van der Waals surface area contributed by atoms with E-state index >= 15 is 0 Å². The Hall–Kier alpha value is -0.720. The molecule has 0 aromatic heterocycles. The molecular weight excluding hydrogens is 134 g/mol. The first-order valence-electron chi connectivity index (χ1n) is 4.20. The van der Waals surface area contributed by atoms with Crippen molar-refractivity contribution in [3.63, 3.8) is 0 Å². The Balaban J connectivity index is 3.50. The van der Waals surface area contributed by atoms with Crippen molar-refractivity contribution in [2.24, 2.45) is 0 Å². The Kier molecular flexibility index (Phi) is 5.63. The highest BCUT2D eigenvalue weighted by molar-refractivity contribution is 5.09. The molecule has 1 heteroatoms. The van der Waals surface area contributed by atoms with Gasteiger partial charge in [-0.05, 0) is 25.6 Å². The third-order valence-electron chi connectivity index (χ3n) is 1.48. The van der Waals surface area contributed by atoms with Crippen LogP contribution in [0, 0.1) is 0 Å². The number of allylic oxidation sites excluding steroid dienone is 2. The monoisotopic (exact) mass is 153 g/mol. The molecule has 0 bridgehead atoms. The van der Waals surface area contributed by atoms with Gasteiger partial charge in [-0.1, -0.05) is 25.5 Å². The molecule has 0 saturated heterocycles. The van der Waals surface area contributed by atoms with Crippen LogP contribution < -0.4 is 0 Å². The Morgan fingerprint density at radius 3 is 2.64 bits per heavy atom. The summed E-state index contributed by atoms with van der Waals surface area (Å²) in [6, 6.07) is 0. The summed E-state index contributed by atoms with van der Waals surface area (Å²) in [5.41, 5.74) is 1.10. The lowest BCUT2D eigenvalue weighted by molar-refractivity contribution is 0.441. The van der Waals surface area contributed by atoms with Gasteiger partial charge in [-0.15, -0.1) is 0 Å². The number of unbranched alkanes of at least 4 members (excludes halogenated alkanes) is 1. The van der Waals surface area contributed by atoms with Crippen LogP contribution in [-0.4, -0.2) is 18.5 Å². The summed E-state index contributed by atoms with van der Waals surface area (Å²) in [5.74, 6) is 0. The Bertz CT molecular complexity index is 136. The van der Waals surface area contributed by atoms with Crippen LogP contribution in [0.25, 0.3) is 0 Å². The SMILES string of the molecule is C=C(C)/C=C\N(C)CCCC. The molecule has 0 amide bonds. The summed E-state index contributed by atoms with van der Waals surface area (Å²) in [7, 11) is 2.09. The van der Waals surface area contributed by atoms with Gasteiger partial charge in [0.25, 0.3) is 0 Å². The molecule has 0 aliphatic rings. The molecule has 0 heterocycles. The minimum absolute atomic E-state index is 1.10. The smallest absolute Gasteiger partial charge is 0.0169 e. The highest BCUT2D eigenvalue weighted by atomic mass is 15.1. The number of hydrogen-bond donors (Lipinski definition) is 0. The number of rotatable bonds is 5. The standard InChI is InChI=1S/C10H19N/c1-5-6-8-11(4)9-7-10(2)3/h7,9H,2,5-6,8H2,1,3-4H3/b9-7-. The van der Waals surface area contributed by atoms with E-state index in [4.69, 9.17) is 0 Å². The second-order valence-corrected chi connectivity index (χ2v) is 3.00. The maximum atomic E-state index is 3.79. The van der Waals surface area contributed by atoms with Crippen molar-refractivity contribution >= 4 is 0 Å². The fourth-order valence-corrected chi connectivity index (χ4v) is 0.737. The summed E-state index contributed by atoms with van der Waals surface area (Å²) in [6.07, 6.45) is 6.63. The highest BCUT2D eigenvalue weighted by Crippen LogP contribution is 1.95. The molecule has 11 heavy (non-hydrogen) atoms. The van der Waals surface area contributed by atoms with Gasteiger partial charge in [0.1, 0.15) is 0 Å². The molecule has 1 nitrogen and oxygen atoms in total. The molecule has 0 aromatic carbocycles. The number of hydrogen-bond acceptors (Lipinski definition) is 1. The van der Waals surface area contributed by atoms with E-state index in [-0.39, 0.29) is 0 Å². The third-order valence-corrected chi connectivity index (χ3v) is 1.48. The Labute approximate surface area is 70.4 Å². The van der Waals surface area contributed by atoms with Crippen LogP contribution >= 0.6 is 0 Å². The van der Waals surface area contributed by atoms with Crippen molar-refractivity contribution in [2.75, 3.05) is 13.6 Å². The van der Waals surface area contributed by atoms with Crippen molar-refractivity contribution in [1.29, 1.82) is 0 Å². The zero-order valence-corrected chi connectivity index (χ0v) is 7.93. The second kappa shape index (κ2) is 6.02. The van der Waals surface area contributed by atoms with Crippen molar-refractivity contribution < 1.29 is 0 Å². The van der Waals surface area contributed by atoms with E-state index < -0.39 is 0 Å². The van der Waals surface area contributed by atoms with E-state index in [0.717, 1.165) is 12.1 Å². The van der Waals surface area contributed by atoms with E-state index in [9.17, 15) is 0 Å². The van der Waals surface area contributed by atoms with Crippen LogP contribution in [-0.2, 0) is 0 Å². The predicted octanol–water partition coefficient (Wildman–Crippen LogP) is 2.81. The van der Waals surface area contributed by atoms with Gasteiger partial charge in [-0.3, -0.25) is 0 Å². The van der Waals surface area contributed by atoms with Crippen LogP contribution in [0.1, 0.15) is 26.7 Å². The van der Waals surface area contributed by atoms with Crippen LogP contribution in [0.2, 0.25) is 0 Å². The van der Waals surface area contributed by atoms with E-state index in [1.165, 1.54) is 12.8 Å². The molecule has 0 aliphatic carbocycles. The van der Waals surface area contributed by atoms with Gasteiger partial charge in [-0.2, -0.15) is 0 Å². The van der Waals surface area contributed by atoms with Gasteiger partial charge >= 0.3 is 0 Å². The first-order chi connectivity index (χ1) is 5.16. The average Bonchev–Trinajstić information content (AvgIpc) is 1.97. The van der Waals surface area contributed by atoms with Crippen molar-refractivity contribution in [3.05, 3.63) is 24.4 Å². The second-order valence-electron chi connectivity index (χ2n) is 3.00. The molecule has 0 radical (unpaired) electrons. The molecule has 0 atom stereocenters. The van der Waals surface area contributed by atoms with E-state index in [1.54, 1.807) is 0 Å². The van der Waals surface area contributed by atoms with Gasteiger partial charge in [0.05, 0.1) is 0 Å². The van der Waals surface area contributed by atoms with Gasteiger partial charge in [0.2, 0.25) is 0 Å². The first-order valence-corrected chi connectivity index (χ1v) is 4.20. The maximum Gasteiger partial charge on any atom is 0.0169 e. The minimum Gasteiger partial charge on any atom is -0.380 e. The average molecular weight is 153 g/mol. The van der Waals surface area contributed by atoms with Gasteiger partial charge in [0.15, 0.2) is 0 Å². The molecule has 0 N–H and O–H groups in total. The van der Waals surface area contributed by atoms with E-state index in [2.05, 4.69) is 31.7 Å². The van der Waals surface area contributed by atoms with Gasteiger partial charge in [0, 0.05) is 13.6 Å². The molecule has 0 aliphatic heterocycles. The molecule has 0 spiro atoms. The Morgan fingerprint density at radius 1 is 1.55 bits per heavy atom. The first kappa shape index (κ1) is 10.3. The van der Waals surface area contributed by atoms with Crippen molar-refractivity contribution in [1.82, 2.24) is 4.90 Å². The summed E-state index contributed by atoms with van der Waals surface area (Å²) in [4.78, 5) is 2.19.